The summed E-state index contributed by atoms with van der Waals surface area (Å²) < 4.78 is 11.4. The van der Waals surface area contributed by atoms with Crippen LogP contribution in [0.3, 0.4) is 0 Å². The van der Waals surface area contributed by atoms with Crippen LogP contribution in [-0.2, 0) is 11.2 Å². The number of alkyl halides is 1. The minimum atomic E-state index is 0.870. The lowest BCUT2D eigenvalue weighted by atomic mass is 10.1. The Morgan fingerprint density at radius 1 is 1.04 bits per heavy atom. The third-order valence-corrected chi connectivity index (χ3v) is 5.65. The fraction of sp³-hybridized carbons (Fsp3) is 0.684. The molecule has 23 heavy (non-hydrogen) atoms. The molecule has 0 N–H and O–H groups in total. The van der Waals surface area contributed by atoms with Crippen molar-refractivity contribution in [3.8, 4) is 5.75 Å². The first-order valence-corrected chi connectivity index (χ1v) is 11.0. The van der Waals surface area contributed by atoms with Gasteiger partial charge in [0, 0.05) is 23.4 Å². The summed E-state index contributed by atoms with van der Waals surface area (Å²) in [6, 6.07) is 6.68. The van der Waals surface area contributed by atoms with E-state index >= 15 is 0 Å². The predicted octanol–water partition coefficient (Wildman–Crippen LogP) is 5.86. The van der Waals surface area contributed by atoms with Gasteiger partial charge in [-0.25, -0.2) is 0 Å². The van der Waals surface area contributed by atoms with Crippen molar-refractivity contribution in [3.05, 3.63) is 23.8 Å². The summed E-state index contributed by atoms with van der Waals surface area (Å²) in [6.45, 7) is 2.71. The van der Waals surface area contributed by atoms with Gasteiger partial charge in [-0.2, -0.15) is 0 Å². The molecule has 0 unspecified atom stereocenters. The lowest BCUT2D eigenvalue weighted by Gasteiger charge is -2.17. The molecule has 130 valence electrons. The first-order chi connectivity index (χ1) is 11.4. The van der Waals surface area contributed by atoms with Crippen LogP contribution in [0, 0.1) is 0 Å². The number of thioether (sulfide) groups is 1. The second kappa shape index (κ2) is 12.2. The Labute approximate surface area is 153 Å². The molecule has 1 aliphatic rings. The lowest BCUT2D eigenvalue weighted by Crippen LogP contribution is -2.07. The van der Waals surface area contributed by atoms with Crippen LogP contribution < -0.4 is 4.74 Å². The van der Waals surface area contributed by atoms with E-state index in [1.54, 1.807) is 0 Å². The molecule has 4 heteroatoms. The van der Waals surface area contributed by atoms with E-state index in [0.29, 0.717) is 0 Å². The first-order valence-electron chi connectivity index (χ1n) is 8.92. The number of aryl methyl sites for hydroxylation is 1. The number of hydrogen-bond acceptors (Lipinski definition) is 3. The molecule has 1 aromatic rings. The van der Waals surface area contributed by atoms with Gasteiger partial charge in [0.15, 0.2) is 0 Å². The number of unbranched alkanes of at least 4 members (excludes halogenated alkanes) is 4. The van der Waals surface area contributed by atoms with E-state index in [9.17, 15) is 0 Å². The number of rotatable bonds is 12. The van der Waals surface area contributed by atoms with Crippen LogP contribution in [0.5, 0.6) is 5.75 Å². The third kappa shape index (κ3) is 7.95. The SMILES string of the molecule is BrCCCCCCOCCCCSc1ccc2c(c1)OCCC2. The van der Waals surface area contributed by atoms with Gasteiger partial charge in [0.2, 0.25) is 0 Å². The molecule has 2 nitrogen and oxygen atoms in total. The molecule has 1 aromatic carbocycles. The van der Waals surface area contributed by atoms with Crippen molar-refractivity contribution in [3.63, 3.8) is 0 Å². The number of halogens is 1. The van der Waals surface area contributed by atoms with Crippen LogP contribution in [0.15, 0.2) is 23.1 Å². The fourth-order valence-corrected chi connectivity index (χ4v) is 4.00. The number of benzene rings is 1. The van der Waals surface area contributed by atoms with Crippen LogP contribution in [0.25, 0.3) is 0 Å². The summed E-state index contributed by atoms with van der Waals surface area (Å²) in [5, 5.41) is 1.13. The molecular weight excluding hydrogens is 372 g/mol. The molecule has 0 aromatic heterocycles. The molecule has 2 rings (SSSR count). The zero-order chi connectivity index (χ0) is 16.2. The van der Waals surface area contributed by atoms with Crippen molar-refractivity contribution >= 4 is 27.7 Å². The molecule has 0 saturated carbocycles. The van der Waals surface area contributed by atoms with Crippen molar-refractivity contribution in [1.82, 2.24) is 0 Å². The van der Waals surface area contributed by atoms with Crippen molar-refractivity contribution in [1.29, 1.82) is 0 Å². The maximum Gasteiger partial charge on any atom is 0.123 e. The number of hydrogen-bond donors (Lipinski definition) is 0. The minimum absolute atomic E-state index is 0.870. The second-order valence-corrected chi connectivity index (χ2v) is 7.95. The Hall–Kier alpha value is -0.190. The number of fused-ring (bicyclic) bond motifs is 1. The highest BCUT2D eigenvalue weighted by atomic mass is 79.9. The van der Waals surface area contributed by atoms with Crippen LogP contribution >= 0.6 is 27.7 Å². The predicted molar refractivity (Wildman–Crippen MR) is 103 cm³/mol. The highest BCUT2D eigenvalue weighted by Gasteiger charge is 2.10. The van der Waals surface area contributed by atoms with E-state index in [1.165, 1.54) is 42.6 Å². The molecule has 0 aliphatic carbocycles. The summed E-state index contributed by atoms with van der Waals surface area (Å²) in [4.78, 5) is 1.33. The molecule has 0 radical (unpaired) electrons. The van der Waals surface area contributed by atoms with E-state index in [1.807, 2.05) is 11.8 Å². The van der Waals surface area contributed by atoms with Gasteiger partial charge < -0.3 is 9.47 Å². The van der Waals surface area contributed by atoms with Crippen LogP contribution in [0.4, 0.5) is 0 Å². The standard InChI is InChI=1S/C19H29BrO2S/c20-11-3-1-2-4-12-21-13-5-6-15-23-18-10-9-17-8-7-14-22-19(17)16-18/h9-10,16H,1-8,11-15H2. The Morgan fingerprint density at radius 3 is 2.74 bits per heavy atom. The van der Waals surface area contributed by atoms with Gasteiger partial charge in [-0.15, -0.1) is 11.8 Å². The average molecular weight is 401 g/mol. The van der Waals surface area contributed by atoms with Gasteiger partial charge >= 0.3 is 0 Å². The quantitative estimate of drug-likeness (QED) is 0.248. The summed E-state index contributed by atoms with van der Waals surface area (Å²) in [5.74, 6) is 2.26. The monoisotopic (exact) mass is 400 g/mol. The van der Waals surface area contributed by atoms with Gasteiger partial charge in [0.05, 0.1) is 6.61 Å². The van der Waals surface area contributed by atoms with Crippen molar-refractivity contribution in [2.75, 3.05) is 30.9 Å². The Morgan fingerprint density at radius 2 is 1.87 bits per heavy atom. The summed E-state index contributed by atoms with van der Waals surface area (Å²) in [5.41, 5.74) is 1.37. The molecule has 0 spiro atoms. The molecule has 1 heterocycles. The van der Waals surface area contributed by atoms with E-state index in [0.717, 1.165) is 55.9 Å². The highest BCUT2D eigenvalue weighted by Crippen LogP contribution is 2.30. The van der Waals surface area contributed by atoms with E-state index < -0.39 is 0 Å². The summed E-state index contributed by atoms with van der Waals surface area (Å²) in [6.07, 6.45) is 9.78. The van der Waals surface area contributed by atoms with Crippen molar-refractivity contribution in [2.45, 2.75) is 56.3 Å². The van der Waals surface area contributed by atoms with Gasteiger partial charge in [-0.3, -0.25) is 0 Å². The van der Waals surface area contributed by atoms with Crippen LogP contribution in [0.1, 0.15) is 50.5 Å². The summed E-state index contributed by atoms with van der Waals surface area (Å²) >= 11 is 5.39. The van der Waals surface area contributed by atoms with Gasteiger partial charge in [-0.1, -0.05) is 34.8 Å². The normalized spacial score (nSPS) is 13.6. The smallest absolute Gasteiger partial charge is 0.123 e. The maximum atomic E-state index is 5.73. The van der Waals surface area contributed by atoms with E-state index in [2.05, 4.69) is 34.1 Å². The third-order valence-electron chi connectivity index (χ3n) is 4.01. The zero-order valence-electron chi connectivity index (χ0n) is 14.0. The largest absolute Gasteiger partial charge is 0.493 e. The second-order valence-electron chi connectivity index (χ2n) is 5.99. The maximum absolute atomic E-state index is 5.73. The van der Waals surface area contributed by atoms with E-state index in [-0.39, 0.29) is 0 Å². The van der Waals surface area contributed by atoms with Crippen LogP contribution in [-0.4, -0.2) is 30.9 Å². The topological polar surface area (TPSA) is 18.5 Å². The number of ether oxygens (including phenoxy) is 2. The molecule has 0 atom stereocenters. The lowest BCUT2D eigenvalue weighted by molar-refractivity contribution is 0.127. The zero-order valence-corrected chi connectivity index (χ0v) is 16.4. The Balaban J connectivity index is 1.46. The van der Waals surface area contributed by atoms with Gasteiger partial charge in [-0.05, 0) is 62.0 Å². The molecule has 0 amide bonds. The minimum Gasteiger partial charge on any atom is -0.493 e. The van der Waals surface area contributed by atoms with E-state index in [4.69, 9.17) is 9.47 Å². The molecule has 1 aliphatic heterocycles. The molecule has 0 saturated heterocycles. The molecular formula is C19H29BrO2S. The molecule has 0 fully saturated rings. The first kappa shape index (κ1) is 19.1. The van der Waals surface area contributed by atoms with Gasteiger partial charge in [0.1, 0.15) is 5.75 Å². The van der Waals surface area contributed by atoms with Crippen molar-refractivity contribution < 1.29 is 9.47 Å². The average Bonchev–Trinajstić information content (AvgIpc) is 2.59. The van der Waals surface area contributed by atoms with Gasteiger partial charge in [0.25, 0.3) is 0 Å². The fourth-order valence-electron chi connectivity index (χ4n) is 2.66. The molecule has 0 bridgehead atoms. The Bertz CT molecular complexity index is 439. The summed E-state index contributed by atoms with van der Waals surface area (Å²) in [7, 11) is 0. The van der Waals surface area contributed by atoms with Crippen molar-refractivity contribution in [2.24, 2.45) is 0 Å². The van der Waals surface area contributed by atoms with Crippen LogP contribution in [0.2, 0.25) is 0 Å². The highest BCUT2D eigenvalue weighted by molar-refractivity contribution is 9.09. The Kier molecular flexibility index (Phi) is 10.2.